The fourth-order valence-electron chi connectivity index (χ4n) is 5.67. The van der Waals surface area contributed by atoms with Crippen LogP contribution in [0.2, 0.25) is 0 Å². The van der Waals surface area contributed by atoms with E-state index in [1.165, 1.54) is 28.8 Å². The second-order valence-electron chi connectivity index (χ2n) is 11.0. The normalized spacial score (nSPS) is 18.2. The molecule has 2 heterocycles. The Balaban J connectivity index is 1.08. The van der Waals surface area contributed by atoms with Crippen molar-refractivity contribution in [2.75, 3.05) is 44.6 Å². The predicted octanol–water partition coefficient (Wildman–Crippen LogP) is 5.79. The summed E-state index contributed by atoms with van der Waals surface area (Å²) in [6, 6.07) is 20.8. The van der Waals surface area contributed by atoms with Crippen LogP contribution in [0.15, 0.2) is 78.9 Å². The second-order valence-corrected chi connectivity index (χ2v) is 11.0. The number of nitrogens with one attached hydrogen (secondary N) is 2. The number of rotatable bonds is 11. The van der Waals surface area contributed by atoms with Crippen LogP contribution in [0.3, 0.4) is 0 Å². The molecule has 4 nitrogen and oxygen atoms in total. The Morgan fingerprint density at radius 3 is 2.28 bits per heavy atom. The van der Waals surface area contributed by atoms with Gasteiger partial charge in [0, 0.05) is 64.1 Å². The van der Waals surface area contributed by atoms with Crippen LogP contribution in [-0.4, -0.2) is 55.1 Å². The zero-order valence-electron chi connectivity index (χ0n) is 22.8. The molecule has 0 aliphatic carbocycles. The number of likely N-dealkylation sites (tertiary alicyclic amines) is 1. The predicted molar refractivity (Wildman–Crippen MR) is 156 cm³/mol. The Kier molecular flexibility index (Phi) is 9.40. The van der Waals surface area contributed by atoms with Crippen molar-refractivity contribution in [1.82, 2.24) is 15.1 Å². The SMILES string of the molecule is C=C1CCN(CCNc2ccc(CNCCN3Cc4ccc(F)cc4CC3Cc3ccc(F)cc3)cc2)CC1. The number of nitrogens with zero attached hydrogens (tertiary/aromatic N) is 2. The highest BCUT2D eigenvalue weighted by molar-refractivity contribution is 5.44. The molecule has 2 aliphatic heterocycles. The van der Waals surface area contributed by atoms with Gasteiger partial charge < -0.3 is 15.5 Å². The van der Waals surface area contributed by atoms with Crippen LogP contribution in [0.5, 0.6) is 0 Å². The zero-order chi connectivity index (χ0) is 27.0. The van der Waals surface area contributed by atoms with Crippen molar-refractivity contribution in [3.8, 4) is 0 Å². The molecule has 0 spiro atoms. The van der Waals surface area contributed by atoms with Gasteiger partial charge in [-0.25, -0.2) is 8.78 Å². The van der Waals surface area contributed by atoms with Crippen LogP contribution in [0.25, 0.3) is 0 Å². The number of fused-ring (bicyclic) bond motifs is 1. The first-order valence-electron chi connectivity index (χ1n) is 14.2. The molecule has 1 fully saturated rings. The Labute approximate surface area is 231 Å². The summed E-state index contributed by atoms with van der Waals surface area (Å²) in [4.78, 5) is 4.98. The molecular formula is C33H40F2N4. The minimum Gasteiger partial charge on any atom is -0.384 e. The van der Waals surface area contributed by atoms with Crippen molar-refractivity contribution in [3.05, 3.63) is 113 Å². The molecule has 0 aromatic heterocycles. The average Bonchev–Trinajstić information content (AvgIpc) is 2.94. The van der Waals surface area contributed by atoms with Gasteiger partial charge in [-0.1, -0.05) is 42.5 Å². The van der Waals surface area contributed by atoms with Crippen LogP contribution in [0.1, 0.15) is 35.1 Å². The molecule has 0 saturated carbocycles. The first-order valence-corrected chi connectivity index (χ1v) is 14.2. The summed E-state index contributed by atoms with van der Waals surface area (Å²) in [5.74, 6) is -0.400. The molecule has 1 atom stereocenters. The maximum Gasteiger partial charge on any atom is 0.123 e. The summed E-state index contributed by atoms with van der Waals surface area (Å²) >= 11 is 0. The molecule has 0 amide bonds. The average molecular weight is 531 g/mol. The summed E-state index contributed by atoms with van der Waals surface area (Å²) in [6.07, 6.45) is 3.87. The van der Waals surface area contributed by atoms with Gasteiger partial charge in [0.25, 0.3) is 0 Å². The van der Waals surface area contributed by atoms with Crippen LogP contribution in [-0.2, 0) is 25.9 Å². The lowest BCUT2D eigenvalue weighted by atomic mass is 9.90. The maximum atomic E-state index is 13.9. The molecule has 5 rings (SSSR count). The van der Waals surface area contributed by atoms with Crippen molar-refractivity contribution in [3.63, 3.8) is 0 Å². The van der Waals surface area contributed by atoms with E-state index in [4.69, 9.17) is 0 Å². The van der Waals surface area contributed by atoms with Gasteiger partial charge in [-0.15, -0.1) is 0 Å². The highest BCUT2D eigenvalue weighted by atomic mass is 19.1. The van der Waals surface area contributed by atoms with E-state index in [2.05, 4.69) is 51.3 Å². The molecule has 206 valence electrons. The molecule has 1 unspecified atom stereocenters. The minimum atomic E-state index is -0.218. The van der Waals surface area contributed by atoms with Crippen molar-refractivity contribution < 1.29 is 8.78 Å². The van der Waals surface area contributed by atoms with Gasteiger partial charge in [0.1, 0.15) is 11.6 Å². The number of anilines is 1. The number of hydrogen-bond acceptors (Lipinski definition) is 4. The summed E-state index contributed by atoms with van der Waals surface area (Å²) in [5.41, 5.74) is 7.19. The van der Waals surface area contributed by atoms with Crippen molar-refractivity contribution in [1.29, 1.82) is 0 Å². The lowest BCUT2D eigenvalue weighted by Gasteiger charge is -2.37. The Hall–Kier alpha value is -3.06. The zero-order valence-corrected chi connectivity index (χ0v) is 22.8. The van der Waals surface area contributed by atoms with Crippen molar-refractivity contribution in [2.45, 2.75) is 44.8 Å². The Bertz CT molecular complexity index is 1220. The standard InChI is InChI=1S/C33H40F2N4/c1-25-12-16-38(17-13-25)18-15-37-32-10-4-27(5-11-32)23-36-14-19-39-24-28-6-9-31(35)21-29(28)22-33(39)20-26-2-7-30(34)8-3-26/h2-11,21,33,36-37H,1,12-20,22-24H2. The molecule has 6 heteroatoms. The van der Waals surface area contributed by atoms with Crippen molar-refractivity contribution >= 4 is 5.69 Å². The highest BCUT2D eigenvalue weighted by Gasteiger charge is 2.26. The third-order valence-corrected chi connectivity index (χ3v) is 8.08. The maximum absolute atomic E-state index is 13.9. The lowest BCUT2D eigenvalue weighted by Crippen LogP contribution is -2.44. The van der Waals surface area contributed by atoms with E-state index in [1.54, 1.807) is 12.1 Å². The topological polar surface area (TPSA) is 30.5 Å². The van der Waals surface area contributed by atoms with Gasteiger partial charge in [0.2, 0.25) is 0 Å². The van der Waals surface area contributed by atoms with Gasteiger partial charge in [-0.05, 0) is 84.3 Å². The molecule has 2 aliphatic rings. The quantitative estimate of drug-likeness (QED) is 0.243. The fraction of sp³-hybridized carbons (Fsp3) is 0.394. The molecule has 1 saturated heterocycles. The number of hydrogen-bond donors (Lipinski definition) is 2. The number of benzene rings is 3. The van der Waals surface area contributed by atoms with Gasteiger partial charge in [0.15, 0.2) is 0 Å². The number of piperidine rings is 1. The van der Waals surface area contributed by atoms with Gasteiger partial charge in [-0.3, -0.25) is 4.90 Å². The summed E-state index contributed by atoms with van der Waals surface area (Å²) in [6.45, 7) is 11.7. The summed E-state index contributed by atoms with van der Waals surface area (Å²) < 4.78 is 27.3. The van der Waals surface area contributed by atoms with E-state index >= 15 is 0 Å². The Morgan fingerprint density at radius 1 is 0.795 bits per heavy atom. The molecule has 3 aromatic rings. The molecule has 2 N–H and O–H groups in total. The Morgan fingerprint density at radius 2 is 1.51 bits per heavy atom. The van der Waals surface area contributed by atoms with Crippen LogP contribution in [0, 0.1) is 11.6 Å². The van der Waals surface area contributed by atoms with E-state index in [9.17, 15) is 8.78 Å². The molecular weight excluding hydrogens is 490 g/mol. The van der Waals surface area contributed by atoms with E-state index in [0.717, 1.165) is 94.9 Å². The minimum absolute atomic E-state index is 0.181. The van der Waals surface area contributed by atoms with Gasteiger partial charge in [-0.2, -0.15) is 0 Å². The molecule has 0 radical (unpaired) electrons. The first-order chi connectivity index (χ1) is 19.0. The number of halogens is 2. The van der Waals surface area contributed by atoms with Gasteiger partial charge in [0.05, 0.1) is 0 Å². The summed E-state index contributed by atoms with van der Waals surface area (Å²) in [7, 11) is 0. The monoisotopic (exact) mass is 530 g/mol. The lowest BCUT2D eigenvalue weighted by molar-refractivity contribution is 0.170. The van der Waals surface area contributed by atoms with E-state index in [1.807, 2.05) is 18.2 Å². The van der Waals surface area contributed by atoms with E-state index in [0.29, 0.717) is 0 Å². The third-order valence-electron chi connectivity index (χ3n) is 8.08. The first kappa shape index (κ1) is 27.5. The summed E-state index contributed by atoms with van der Waals surface area (Å²) in [5, 5.41) is 7.14. The molecule has 0 bridgehead atoms. The van der Waals surface area contributed by atoms with Crippen LogP contribution >= 0.6 is 0 Å². The second kappa shape index (κ2) is 13.3. The fourth-order valence-corrected chi connectivity index (χ4v) is 5.67. The highest BCUT2D eigenvalue weighted by Crippen LogP contribution is 2.26. The molecule has 39 heavy (non-hydrogen) atoms. The smallest absolute Gasteiger partial charge is 0.123 e. The van der Waals surface area contributed by atoms with E-state index < -0.39 is 0 Å². The van der Waals surface area contributed by atoms with E-state index in [-0.39, 0.29) is 17.7 Å². The van der Waals surface area contributed by atoms with Gasteiger partial charge >= 0.3 is 0 Å². The third kappa shape index (κ3) is 7.98. The van der Waals surface area contributed by atoms with Crippen molar-refractivity contribution in [2.24, 2.45) is 0 Å². The largest absolute Gasteiger partial charge is 0.384 e. The van der Waals surface area contributed by atoms with Crippen LogP contribution < -0.4 is 10.6 Å². The molecule has 3 aromatic carbocycles. The van der Waals surface area contributed by atoms with Crippen LogP contribution in [0.4, 0.5) is 14.5 Å².